The minimum atomic E-state index is -0.565. The molecule has 0 saturated heterocycles. The number of anilines is 1. The van der Waals surface area contributed by atoms with E-state index in [1.807, 2.05) is 108 Å². The van der Waals surface area contributed by atoms with Gasteiger partial charge in [0.15, 0.2) is 34.0 Å². The number of aromatic nitrogens is 7. The number of phenolic OH excluding ortho intramolecular Hbond substituents is 5. The standard InChI is InChI=1S/C19H16N4O3S.C17H17N3O3S2.C15H12N4O3.C6H4ClN3.C6H4S4/c1-10-6-7-11(17(26)16(10)25)8-21-23-9-13(24)15(18(23)20)19-22-12-4-2-3-5-14(12)27-19;1-10(2)19-17-20(12(9-25-17)14-4-3-7-24-14)18-8-11-5-6-13(21)16(23)15(11)22;20-13(17-10-4-3-7-16-8-10)9-19-15(22)12-6-2-1-5-11(12)14(21)18-19;7-6-5-4(1-2-8-5)9-3-10-6;1-2-8-5(7-1)6-9-3-4-10-6/h2-8,20,24-26H,9H2,1H3;3-10,21-23H,1-2H3;1-8H,9H2,(H,17,20)(H,18,21);2-3H,1H2;1-4H/b20-18?,21-8+;18-8+,19-17?;;;. The average molecular weight is 1410 g/mol. The normalized spacial score (nSPS) is 14.0. The molecule has 0 aliphatic carbocycles. The number of H-pyrrole nitrogens is 1. The Balaban J connectivity index is 0.000000134. The van der Waals surface area contributed by atoms with Crippen molar-refractivity contribution in [3.05, 3.63) is 220 Å². The third-order valence-electron chi connectivity index (χ3n) is 13.1. The van der Waals surface area contributed by atoms with E-state index >= 15 is 0 Å². The number of aromatic hydroxyl groups is 5. The number of aliphatic hydroxyl groups excluding tert-OH is 1. The highest BCUT2D eigenvalue weighted by Crippen LogP contribution is 2.50. The van der Waals surface area contributed by atoms with E-state index in [0.717, 1.165) is 48.1 Å². The lowest BCUT2D eigenvalue weighted by Gasteiger charge is -2.11. The molecular formula is C63H53ClN14O9S7. The van der Waals surface area contributed by atoms with Crippen LogP contribution in [0.15, 0.2) is 192 Å². The van der Waals surface area contributed by atoms with Crippen LogP contribution in [-0.2, 0) is 17.8 Å². The van der Waals surface area contributed by atoms with Crippen LogP contribution in [0.1, 0.15) is 41.2 Å². The molecule has 23 nitrogen and oxygen atoms in total. The molecule has 94 heavy (non-hydrogen) atoms. The molecule has 0 fully saturated rings. The lowest BCUT2D eigenvalue weighted by Crippen LogP contribution is -2.34. The summed E-state index contributed by atoms with van der Waals surface area (Å²) in [5, 5.41) is 96.5. The fourth-order valence-electron chi connectivity index (χ4n) is 8.56. The maximum Gasteiger partial charge on any atom is 0.273 e. The molecule has 1 amide bonds. The number of nitrogens with one attached hydrogen (secondary N) is 3. The predicted molar refractivity (Wildman–Crippen MR) is 383 cm³/mol. The Morgan fingerprint density at radius 2 is 1.49 bits per heavy atom. The van der Waals surface area contributed by atoms with Crippen molar-refractivity contribution in [2.24, 2.45) is 20.2 Å². The summed E-state index contributed by atoms with van der Waals surface area (Å²) in [6.07, 6.45) is 9.86. The molecule has 4 aliphatic rings. The van der Waals surface area contributed by atoms with Crippen molar-refractivity contribution in [1.82, 2.24) is 39.4 Å². The summed E-state index contributed by atoms with van der Waals surface area (Å²) in [6.45, 7) is 5.41. The number of hydrogen-bond acceptors (Lipinski definition) is 25. The number of thiophene rings is 1. The number of fused-ring (bicyclic) bond motifs is 3. The van der Waals surface area contributed by atoms with Crippen LogP contribution < -0.4 is 21.2 Å². The number of hydrazone groups is 1. The Kier molecular flexibility index (Phi) is 22.5. The molecule has 478 valence electrons. The summed E-state index contributed by atoms with van der Waals surface area (Å²) < 4.78 is 6.54. The molecule has 6 aromatic heterocycles. The highest BCUT2D eigenvalue weighted by molar-refractivity contribution is 8.33. The molecule has 4 aliphatic heterocycles. The van der Waals surface area contributed by atoms with E-state index in [4.69, 9.17) is 17.0 Å². The third-order valence-corrected chi connectivity index (χ3v) is 20.9. The quantitative estimate of drug-likeness (QED) is 0.0349. The maximum absolute atomic E-state index is 12.3. The van der Waals surface area contributed by atoms with Crippen LogP contribution in [0, 0.1) is 12.3 Å². The monoisotopic (exact) mass is 1410 g/mol. The SMILES string of the molecule is C1=CSC(=C2SC=CS2)S1.CC(C)N=c1scc(-c2cccs2)n1/N=C/c1ccc(O)c(O)c1O.Cc1ccc(/C=N/N2CC(O)=C(c3nc4ccccc4s3)C2=N)c(O)c1O.Clc1ncnc2c1N=CC2.O=C(Cn1[nH]c(=O)c2ccccc2c1=O)Nc1cccnc1. The van der Waals surface area contributed by atoms with Crippen LogP contribution in [-0.4, -0.2) is 113 Å². The topological polar surface area (TPSA) is 338 Å². The fraction of sp³-hybridized carbons (Fsp3) is 0.111. The number of para-hydroxylation sites is 1. The summed E-state index contributed by atoms with van der Waals surface area (Å²) in [7, 11) is 0. The van der Waals surface area contributed by atoms with Gasteiger partial charge in [-0.05, 0) is 114 Å². The highest BCUT2D eigenvalue weighted by Gasteiger charge is 2.31. The van der Waals surface area contributed by atoms with E-state index in [-0.39, 0.29) is 53.4 Å². The minimum Gasteiger partial charge on any atom is -0.509 e. The number of thiazole rings is 2. The maximum atomic E-state index is 12.3. The van der Waals surface area contributed by atoms with Crippen LogP contribution >= 0.6 is 92.7 Å². The number of thioether (sulfide) groups is 4. The lowest BCUT2D eigenvalue weighted by molar-refractivity contribution is -0.117. The zero-order valence-corrected chi connectivity index (χ0v) is 55.9. The average Bonchev–Trinajstić information content (AvgIpc) is 1.71. The fourth-order valence-corrected chi connectivity index (χ4v) is 15.6. The first-order chi connectivity index (χ1) is 45.4. The lowest BCUT2D eigenvalue weighted by atomic mass is 10.1. The molecular weight excluding hydrogens is 1360 g/mol. The number of benzene rings is 4. The summed E-state index contributed by atoms with van der Waals surface area (Å²) in [5.74, 6) is -2.22. The van der Waals surface area contributed by atoms with Crippen molar-refractivity contribution in [2.45, 2.75) is 39.8 Å². The van der Waals surface area contributed by atoms with Gasteiger partial charge in [-0.2, -0.15) is 10.2 Å². The number of nitrogens with zero attached hydrogens (tertiary/aromatic N) is 11. The molecule has 0 atom stereocenters. The van der Waals surface area contributed by atoms with Crippen molar-refractivity contribution in [1.29, 1.82) is 5.41 Å². The number of carbonyl (C=O) groups is 1. The largest absolute Gasteiger partial charge is 0.509 e. The smallest absolute Gasteiger partial charge is 0.273 e. The first kappa shape index (κ1) is 67.4. The zero-order chi connectivity index (χ0) is 66.4. The van der Waals surface area contributed by atoms with Gasteiger partial charge in [-0.15, -0.1) is 34.0 Å². The van der Waals surface area contributed by atoms with Crippen molar-refractivity contribution >= 4 is 161 Å². The number of phenols is 5. The minimum absolute atomic E-state index is 0.0205. The van der Waals surface area contributed by atoms with Gasteiger partial charge in [0.05, 0.1) is 75.6 Å². The van der Waals surface area contributed by atoms with E-state index in [1.165, 1.54) is 73.2 Å². The van der Waals surface area contributed by atoms with E-state index in [9.17, 15) is 45.0 Å². The molecule has 0 bridgehead atoms. The number of halogens is 1. The molecule has 10 aromatic rings. The van der Waals surface area contributed by atoms with Gasteiger partial charge in [-0.25, -0.2) is 29.3 Å². The number of amidine groups is 1. The van der Waals surface area contributed by atoms with Crippen molar-refractivity contribution in [3.8, 4) is 39.3 Å². The van der Waals surface area contributed by atoms with Crippen LogP contribution in [0.3, 0.4) is 0 Å². The van der Waals surface area contributed by atoms with Gasteiger partial charge in [0.2, 0.25) is 16.5 Å². The van der Waals surface area contributed by atoms with Gasteiger partial charge in [0.25, 0.3) is 11.1 Å². The number of aromatic amines is 1. The number of hydrogen-bond donors (Lipinski definition) is 9. The molecule has 14 rings (SSSR count). The van der Waals surface area contributed by atoms with Gasteiger partial charge >= 0.3 is 0 Å². The zero-order valence-electron chi connectivity index (χ0n) is 49.4. The second-order valence-corrected chi connectivity index (χ2v) is 27.2. The number of aliphatic hydroxyl groups is 1. The number of rotatable bonds is 10. The van der Waals surface area contributed by atoms with E-state index in [2.05, 4.69) is 72.2 Å². The second-order valence-electron chi connectivity index (χ2n) is 19.9. The Morgan fingerprint density at radius 1 is 0.798 bits per heavy atom. The van der Waals surface area contributed by atoms with Crippen molar-refractivity contribution < 1.29 is 35.4 Å². The Labute approximate surface area is 568 Å². The molecule has 10 heterocycles. The van der Waals surface area contributed by atoms with Crippen LogP contribution in [0.25, 0.3) is 37.1 Å². The van der Waals surface area contributed by atoms with Crippen LogP contribution in [0.2, 0.25) is 5.15 Å². The molecule has 31 heteroatoms. The number of amides is 1. The van der Waals surface area contributed by atoms with E-state index < -0.39 is 28.5 Å². The molecule has 4 aromatic carbocycles. The van der Waals surface area contributed by atoms with Gasteiger partial charge < -0.3 is 36.0 Å². The third kappa shape index (κ3) is 16.4. The number of aryl methyl sites for hydroxylation is 1. The van der Waals surface area contributed by atoms with Gasteiger partial charge in [-0.1, -0.05) is 95.0 Å². The Hall–Kier alpha value is -9.53. The second kappa shape index (κ2) is 31.4. The highest BCUT2D eigenvalue weighted by atomic mass is 35.5. The number of aliphatic imine (C=N–C) groups is 1. The van der Waals surface area contributed by atoms with E-state index in [0.29, 0.717) is 43.5 Å². The Bertz CT molecular complexity index is 4830. The van der Waals surface area contributed by atoms with Gasteiger partial charge in [0.1, 0.15) is 35.9 Å². The predicted octanol–water partition coefficient (Wildman–Crippen LogP) is 13.3. The Morgan fingerprint density at radius 3 is 2.17 bits per heavy atom. The molecule has 0 radical (unpaired) electrons. The van der Waals surface area contributed by atoms with Gasteiger partial charge in [0, 0.05) is 41.4 Å². The number of carbonyl (C=O) groups excluding carboxylic acids is 1. The molecule has 0 unspecified atom stereocenters. The summed E-state index contributed by atoms with van der Waals surface area (Å²) in [5.41, 5.74) is 4.56. The first-order valence-electron chi connectivity index (χ1n) is 27.8. The van der Waals surface area contributed by atoms with Crippen molar-refractivity contribution in [3.63, 3.8) is 0 Å². The van der Waals surface area contributed by atoms with Crippen LogP contribution in [0.4, 0.5) is 11.4 Å². The molecule has 0 spiro atoms. The summed E-state index contributed by atoms with van der Waals surface area (Å²) in [4.78, 5) is 62.7. The number of pyridine rings is 1. The van der Waals surface area contributed by atoms with E-state index in [1.54, 1.807) is 83.9 Å². The van der Waals surface area contributed by atoms with Crippen molar-refractivity contribution in [2.75, 3.05) is 11.9 Å². The van der Waals surface area contributed by atoms with Gasteiger partial charge in [-0.3, -0.25) is 39.9 Å². The molecule has 0 saturated carbocycles. The first-order valence-corrected chi connectivity index (χ1v) is 34.3. The summed E-state index contributed by atoms with van der Waals surface area (Å²) >= 11 is 17.5. The van der Waals surface area contributed by atoms with Crippen LogP contribution in [0.5, 0.6) is 28.7 Å². The summed E-state index contributed by atoms with van der Waals surface area (Å²) in [6, 6.07) is 27.6. The molecule has 9 N–H and O–H groups in total.